The standard InChI is InChI=1S/C12H22N4O/c1-4-17-7-10(8(2)3)15-11-6-5-9(13)12(14)16-11/h5-6,8,10H,4,7,13H2,1-3H3,(H3,14,15,16). The Morgan fingerprint density at radius 1 is 1.35 bits per heavy atom. The van der Waals surface area contributed by atoms with Gasteiger partial charge in [-0.05, 0) is 25.0 Å². The summed E-state index contributed by atoms with van der Waals surface area (Å²) in [7, 11) is 0. The van der Waals surface area contributed by atoms with Crippen LogP contribution >= 0.6 is 0 Å². The molecule has 17 heavy (non-hydrogen) atoms. The molecule has 0 aliphatic heterocycles. The fourth-order valence-corrected chi connectivity index (χ4v) is 1.40. The van der Waals surface area contributed by atoms with E-state index in [1.807, 2.05) is 13.0 Å². The summed E-state index contributed by atoms with van der Waals surface area (Å²) >= 11 is 0. The molecule has 0 amide bonds. The van der Waals surface area contributed by atoms with Crippen LogP contribution in [0.4, 0.5) is 17.3 Å². The van der Waals surface area contributed by atoms with Gasteiger partial charge in [0, 0.05) is 6.61 Å². The normalized spacial score (nSPS) is 12.7. The number of ether oxygens (including phenoxy) is 1. The van der Waals surface area contributed by atoms with Crippen molar-refractivity contribution in [2.24, 2.45) is 5.92 Å². The number of hydrogen-bond acceptors (Lipinski definition) is 5. The van der Waals surface area contributed by atoms with Crippen LogP contribution < -0.4 is 16.8 Å². The van der Waals surface area contributed by atoms with Crippen molar-refractivity contribution in [2.75, 3.05) is 30.0 Å². The van der Waals surface area contributed by atoms with E-state index < -0.39 is 0 Å². The van der Waals surface area contributed by atoms with E-state index in [0.29, 0.717) is 30.6 Å². The first-order valence-corrected chi connectivity index (χ1v) is 5.90. The van der Waals surface area contributed by atoms with E-state index in [2.05, 4.69) is 24.1 Å². The van der Waals surface area contributed by atoms with E-state index in [9.17, 15) is 0 Å². The summed E-state index contributed by atoms with van der Waals surface area (Å²) in [4.78, 5) is 4.19. The van der Waals surface area contributed by atoms with Crippen molar-refractivity contribution in [3.63, 3.8) is 0 Å². The predicted octanol–water partition coefficient (Wildman–Crippen LogP) is 1.72. The summed E-state index contributed by atoms with van der Waals surface area (Å²) in [5.74, 6) is 1.53. The van der Waals surface area contributed by atoms with Gasteiger partial charge in [0.2, 0.25) is 0 Å². The third-order valence-electron chi connectivity index (χ3n) is 2.60. The molecule has 0 radical (unpaired) electrons. The van der Waals surface area contributed by atoms with Gasteiger partial charge < -0.3 is 21.5 Å². The highest BCUT2D eigenvalue weighted by atomic mass is 16.5. The lowest BCUT2D eigenvalue weighted by atomic mass is 10.1. The van der Waals surface area contributed by atoms with Gasteiger partial charge in [-0.3, -0.25) is 0 Å². The zero-order valence-electron chi connectivity index (χ0n) is 10.7. The van der Waals surface area contributed by atoms with Crippen LogP contribution in [-0.4, -0.2) is 24.2 Å². The molecule has 1 heterocycles. The molecule has 0 bridgehead atoms. The maximum Gasteiger partial charge on any atom is 0.149 e. The quantitative estimate of drug-likeness (QED) is 0.702. The second-order valence-corrected chi connectivity index (χ2v) is 4.33. The topological polar surface area (TPSA) is 86.2 Å². The maximum absolute atomic E-state index is 5.67. The molecule has 1 aromatic heterocycles. The summed E-state index contributed by atoms with van der Waals surface area (Å²) in [6, 6.07) is 3.79. The third kappa shape index (κ3) is 4.11. The van der Waals surface area contributed by atoms with E-state index in [4.69, 9.17) is 16.2 Å². The molecular formula is C12H22N4O. The molecule has 5 nitrogen and oxygen atoms in total. The molecule has 0 saturated carbocycles. The Morgan fingerprint density at radius 2 is 2.06 bits per heavy atom. The molecule has 0 saturated heterocycles. The summed E-state index contributed by atoms with van der Waals surface area (Å²) in [6.07, 6.45) is 0. The molecule has 0 aromatic carbocycles. The van der Waals surface area contributed by atoms with Crippen molar-refractivity contribution in [3.8, 4) is 0 Å². The lowest BCUT2D eigenvalue weighted by Crippen LogP contribution is -2.31. The first kappa shape index (κ1) is 13.6. The van der Waals surface area contributed by atoms with Crippen LogP contribution in [0.5, 0.6) is 0 Å². The smallest absolute Gasteiger partial charge is 0.149 e. The fraction of sp³-hybridized carbons (Fsp3) is 0.583. The molecule has 5 N–H and O–H groups in total. The Bertz CT molecular complexity index is 354. The molecule has 0 aliphatic rings. The first-order chi connectivity index (χ1) is 8.04. The zero-order valence-corrected chi connectivity index (χ0v) is 10.7. The number of nitrogens with one attached hydrogen (secondary N) is 1. The number of nitrogens with zero attached hydrogens (tertiary/aromatic N) is 1. The number of aromatic nitrogens is 1. The number of nitrogen functional groups attached to an aromatic ring is 2. The minimum Gasteiger partial charge on any atom is -0.396 e. The number of rotatable bonds is 6. The molecule has 0 aliphatic carbocycles. The van der Waals surface area contributed by atoms with Gasteiger partial charge in [0.05, 0.1) is 18.3 Å². The Balaban J connectivity index is 2.68. The fourth-order valence-electron chi connectivity index (χ4n) is 1.40. The molecular weight excluding hydrogens is 216 g/mol. The number of nitrogens with two attached hydrogens (primary N) is 2. The SMILES string of the molecule is CCOCC(Nc1ccc(N)c(N)n1)C(C)C. The van der Waals surface area contributed by atoms with Gasteiger partial charge in [-0.2, -0.15) is 0 Å². The van der Waals surface area contributed by atoms with Crippen LogP contribution in [0.1, 0.15) is 20.8 Å². The van der Waals surface area contributed by atoms with Crippen molar-refractivity contribution in [2.45, 2.75) is 26.8 Å². The summed E-state index contributed by atoms with van der Waals surface area (Å²) in [6.45, 7) is 7.62. The number of anilines is 3. The lowest BCUT2D eigenvalue weighted by Gasteiger charge is -2.22. The highest BCUT2D eigenvalue weighted by molar-refractivity contribution is 5.61. The first-order valence-electron chi connectivity index (χ1n) is 5.90. The van der Waals surface area contributed by atoms with Gasteiger partial charge in [0.1, 0.15) is 11.6 Å². The van der Waals surface area contributed by atoms with Crippen molar-refractivity contribution in [1.29, 1.82) is 0 Å². The third-order valence-corrected chi connectivity index (χ3v) is 2.60. The Labute approximate surface area is 103 Å². The Kier molecular flexibility index (Phi) is 5.03. The molecule has 0 spiro atoms. The van der Waals surface area contributed by atoms with Crippen LogP contribution in [0.3, 0.4) is 0 Å². The van der Waals surface area contributed by atoms with E-state index >= 15 is 0 Å². The Hall–Kier alpha value is -1.49. The van der Waals surface area contributed by atoms with Gasteiger partial charge in [-0.15, -0.1) is 0 Å². The second kappa shape index (κ2) is 6.30. The van der Waals surface area contributed by atoms with E-state index in [1.165, 1.54) is 0 Å². The van der Waals surface area contributed by atoms with E-state index in [1.54, 1.807) is 6.07 Å². The summed E-state index contributed by atoms with van der Waals surface area (Å²) < 4.78 is 5.44. The largest absolute Gasteiger partial charge is 0.396 e. The molecule has 1 rings (SSSR count). The van der Waals surface area contributed by atoms with Crippen LogP contribution in [0.2, 0.25) is 0 Å². The van der Waals surface area contributed by atoms with Crippen LogP contribution in [0, 0.1) is 5.92 Å². The number of pyridine rings is 1. The van der Waals surface area contributed by atoms with Crippen LogP contribution in [0.15, 0.2) is 12.1 Å². The average molecular weight is 238 g/mol. The van der Waals surface area contributed by atoms with Gasteiger partial charge in [-0.1, -0.05) is 13.8 Å². The van der Waals surface area contributed by atoms with Gasteiger partial charge >= 0.3 is 0 Å². The molecule has 1 aromatic rings. The highest BCUT2D eigenvalue weighted by Crippen LogP contribution is 2.17. The van der Waals surface area contributed by atoms with Gasteiger partial charge in [0.25, 0.3) is 0 Å². The van der Waals surface area contributed by atoms with Crippen LogP contribution in [0.25, 0.3) is 0 Å². The van der Waals surface area contributed by atoms with Crippen molar-refractivity contribution < 1.29 is 4.74 Å². The summed E-state index contributed by atoms with van der Waals surface area (Å²) in [5.41, 5.74) is 11.8. The van der Waals surface area contributed by atoms with E-state index in [0.717, 1.165) is 5.82 Å². The predicted molar refractivity (Wildman–Crippen MR) is 71.8 cm³/mol. The molecule has 1 unspecified atom stereocenters. The molecule has 0 fully saturated rings. The number of hydrogen-bond donors (Lipinski definition) is 3. The second-order valence-electron chi connectivity index (χ2n) is 4.33. The molecule has 5 heteroatoms. The zero-order chi connectivity index (χ0) is 12.8. The van der Waals surface area contributed by atoms with Crippen LogP contribution in [-0.2, 0) is 4.74 Å². The van der Waals surface area contributed by atoms with Crippen molar-refractivity contribution in [1.82, 2.24) is 4.98 Å². The minimum atomic E-state index is 0.213. The lowest BCUT2D eigenvalue weighted by molar-refractivity contribution is 0.126. The Morgan fingerprint density at radius 3 is 2.59 bits per heavy atom. The monoisotopic (exact) mass is 238 g/mol. The average Bonchev–Trinajstić information content (AvgIpc) is 2.28. The van der Waals surface area contributed by atoms with Crippen molar-refractivity contribution in [3.05, 3.63) is 12.1 Å². The molecule has 96 valence electrons. The van der Waals surface area contributed by atoms with Crippen molar-refractivity contribution >= 4 is 17.3 Å². The van der Waals surface area contributed by atoms with Gasteiger partial charge in [-0.25, -0.2) is 4.98 Å². The minimum absolute atomic E-state index is 0.213. The summed E-state index contributed by atoms with van der Waals surface area (Å²) in [5, 5.41) is 3.31. The van der Waals surface area contributed by atoms with E-state index in [-0.39, 0.29) is 6.04 Å². The highest BCUT2D eigenvalue weighted by Gasteiger charge is 2.14. The molecule has 1 atom stereocenters. The maximum atomic E-state index is 5.67. The van der Waals surface area contributed by atoms with Gasteiger partial charge in [0.15, 0.2) is 0 Å².